The lowest BCUT2D eigenvalue weighted by Crippen LogP contribution is -2.40. The summed E-state index contributed by atoms with van der Waals surface area (Å²) in [5.74, 6) is 1.31. The molecule has 1 aromatic heterocycles. The van der Waals surface area contributed by atoms with Crippen LogP contribution < -0.4 is 5.32 Å². The number of hydrogen-bond acceptors (Lipinski definition) is 3. The molecule has 170 valence electrons. The third-order valence-corrected chi connectivity index (χ3v) is 6.42. The molecule has 2 aromatic rings. The molecule has 0 radical (unpaired) electrons. The monoisotopic (exact) mass is 426 g/mol. The SMILES string of the molecule is CCCC(=O)NCCCCCc1nc2ccccc2n1CC(=O)N(C)C1CCCCC1. The van der Waals surface area contributed by atoms with Gasteiger partial charge in [-0.3, -0.25) is 9.59 Å². The summed E-state index contributed by atoms with van der Waals surface area (Å²) in [5.41, 5.74) is 1.99. The van der Waals surface area contributed by atoms with E-state index in [0.717, 1.165) is 68.3 Å². The van der Waals surface area contributed by atoms with Crippen molar-refractivity contribution in [3.63, 3.8) is 0 Å². The van der Waals surface area contributed by atoms with Gasteiger partial charge in [0.25, 0.3) is 0 Å². The first-order chi connectivity index (χ1) is 15.1. The number of fused-ring (bicyclic) bond motifs is 1. The minimum atomic E-state index is 0.143. The maximum atomic E-state index is 13.1. The fourth-order valence-corrected chi connectivity index (χ4v) is 4.54. The molecule has 1 aliphatic carbocycles. The van der Waals surface area contributed by atoms with Crippen LogP contribution in [-0.2, 0) is 22.6 Å². The Balaban J connectivity index is 1.58. The number of hydrogen-bond donors (Lipinski definition) is 1. The van der Waals surface area contributed by atoms with Crippen LogP contribution in [-0.4, -0.2) is 45.9 Å². The highest BCUT2D eigenvalue weighted by Gasteiger charge is 2.23. The van der Waals surface area contributed by atoms with Gasteiger partial charge in [0.1, 0.15) is 12.4 Å². The molecule has 0 atom stereocenters. The van der Waals surface area contributed by atoms with Crippen molar-refractivity contribution in [2.75, 3.05) is 13.6 Å². The number of amides is 2. The lowest BCUT2D eigenvalue weighted by Gasteiger charge is -2.31. The Morgan fingerprint density at radius 2 is 1.90 bits per heavy atom. The molecule has 1 aliphatic rings. The fraction of sp³-hybridized carbons (Fsp3) is 0.640. The lowest BCUT2D eigenvalue weighted by atomic mass is 9.94. The number of likely N-dealkylation sites (N-methyl/N-ethyl adjacent to an activating group) is 1. The van der Waals surface area contributed by atoms with Crippen molar-refractivity contribution in [2.45, 2.75) is 90.1 Å². The Morgan fingerprint density at radius 1 is 1.13 bits per heavy atom. The molecule has 0 bridgehead atoms. The van der Waals surface area contributed by atoms with Gasteiger partial charge in [0.2, 0.25) is 11.8 Å². The molecule has 6 nitrogen and oxygen atoms in total. The number of imidazole rings is 1. The third-order valence-electron chi connectivity index (χ3n) is 6.42. The van der Waals surface area contributed by atoms with Crippen LogP contribution in [0.2, 0.25) is 0 Å². The molecule has 0 unspecified atom stereocenters. The maximum absolute atomic E-state index is 13.1. The molecule has 0 aliphatic heterocycles. The van der Waals surface area contributed by atoms with Crippen molar-refractivity contribution in [3.8, 4) is 0 Å². The first-order valence-electron chi connectivity index (χ1n) is 12.1. The van der Waals surface area contributed by atoms with Crippen LogP contribution in [0.4, 0.5) is 0 Å². The zero-order valence-corrected chi connectivity index (χ0v) is 19.2. The minimum Gasteiger partial charge on any atom is -0.356 e. The first-order valence-corrected chi connectivity index (χ1v) is 12.1. The summed E-state index contributed by atoms with van der Waals surface area (Å²) in [6.45, 7) is 3.11. The van der Waals surface area contributed by atoms with Gasteiger partial charge in [-0.1, -0.05) is 44.7 Å². The minimum absolute atomic E-state index is 0.143. The fourth-order valence-electron chi connectivity index (χ4n) is 4.54. The Labute approximate surface area is 186 Å². The summed E-state index contributed by atoms with van der Waals surface area (Å²) in [4.78, 5) is 31.4. The standard InChI is InChI=1S/C25H38N4O2/c1-3-12-24(30)26-18-11-5-8-17-23-27-21-15-9-10-16-22(21)29(23)19-25(31)28(2)20-13-6-4-7-14-20/h9-10,15-16,20H,3-8,11-14,17-19H2,1-2H3,(H,26,30). The number of nitrogens with one attached hydrogen (secondary N) is 1. The topological polar surface area (TPSA) is 67.2 Å². The Hall–Kier alpha value is -2.37. The van der Waals surface area contributed by atoms with Crippen molar-refractivity contribution in [1.82, 2.24) is 19.8 Å². The van der Waals surface area contributed by atoms with Crippen molar-refractivity contribution >= 4 is 22.8 Å². The lowest BCUT2D eigenvalue weighted by molar-refractivity contribution is -0.133. The average molecular weight is 427 g/mol. The normalized spacial score (nSPS) is 14.6. The van der Waals surface area contributed by atoms with Crippen LogP contribution in [0, 0.1) is 0 Å². The van der Waals surface area contributed by atoms with Crippen LogP contribution in [0.25, 0.3) is 11.0 Å². The van der Waals surface area contributed by atoms with Crippen molar-refractivity contribution in [2.24, 2.45) is 0 Å². The summed E-state index contributed by atoms with van der Waals surface area (Å²) in [6, 6.07) is 8.47. The van der Waals surface area contributed by atoms with Crippen LogP contribution >= 0.6 is 0 Å². The highest BCUT2D eigenvalue weighted by Crippen LogP contribution is 2.23. The summed E-state index contributed by atoms with van der Waals surface area (Å²) < 4.78 is 2.11. The quantitative estimate of drug-likeness (QED) is 0.540. The Morgan fingerprint density at radius 3 is 2.68 bits per heavy atom. The van der Waals surface area contributed by atoms with Gasteiger partial charge >= 0.3 is 0 Å². The van der Waals surface area contributed by atoms with E-state index < -0.39 is 0 Å². The van der Waals surface area contributed by atoms with E-state index in [-0.39, 0.29) is 11.8 Å². The Kier molecular flexibility index (Phi) is 8.92. The van der Waals surface area contributed by atoms with E-state index in [1.165, 1.54) is 19.3 Å². The molecule has 1 N–H and O–H groups in total. The van der Waals surface area contributed by atoms with Crippen LogP contribution in [0.1, 0.15) is 77.0 Å². The van der Waals surface area contributed by atoms with Gasteiger partial charge in [0.15, 0.2) is 0 Å². The molecule has 1 aromatic carbocycles. The number of carbonyl (C=O) groups is 2. The third kappa shape index (κ3) is 6.55. The van der Waals surface area contributed by atoms with Crippen molar-refractivity contribution in [3.05, 3.63) is 30.1 Å². The van der Waals surface area contributed by atoms with Crippen molar-refractivity contribution < 1.29 is 9.59 Å². The van der Waals surface area contributed by atoms with Crippen LogP contribution in [0.3, 0.4) is 0 Å². The van der Waals surface area contributed by atoms with E-state index in [1.54, 1.807) is 0 Å². The van der Waals surface area contributed by atoms with E-state index >= 15 is 0 Å². The molecule has 3 rings (SSSR count). The van der Waals surface area contributed by atoms with E-state index in [0.29, 0.717) is 19.0 Å². The number of benzene rings is 1. The summed E-state index contributed by atoms with van der Waals surface area (Å²) in [6.07, 6.45) is 11.3. The molecule has 0 saturated heterocycles. The van der Waals surface area contributed by atoms with Gasteiger partial charge in [-0.2, -0.15) is 0 Å². The molecule has 1 fully saturated rings. The Bertz CT molecular complexity index is 854. The molecule has 31 heavy (non-hydrogen) atoms. The number of rotatable bonds is 11. The number of aryl methyl sites for hydroxylation is 1. The molecule has 1 saturated carbocycles. The largest absolute Gasteiger partial charge is 0.356 e. The summed E-state index contributed by atoms with van der Waals surface area (Å²) >= 11 is 0. The molecule has 0 spiro atoms. The molecular weight excluding hydrogens is 388 g/mol. The van der Waals surface area contributed by atoms with Crippen molar-refractivity contribution in [1.29, 1.82) is 0 Å². The molecule has 1 heterocycles. The number of nitrogens with zero attached hydrogens (tertiary/aromatic N) is 3. The highest BCUT2D eigenvalue weighted by atomic mass is 16.2. The second-order valence-electron chi connectivity index (χ2n) is 8.81. The molecule has 6 heteroatoms. The number of unbranched alkanes of at least 4 members (excludes halogenated alkanes) is 2. The molecule has 2 amide bonds. The predicted molar refractivity (Wildman–Crippen MR) is 125 cm³/mol. The predicted octanol–water partition coefficient (Wildman–Crippen LogP) is 4.46. The van der Waals surface area contributed by atoms with Gasteiger partial charge in [-0.25, -0.2) is 4.98 Å². The second-order valence-corrected chi connectivity index (χ2v) is 8.81. The maximum Gasteiger partial charge on any atom is 0.242 e. The second kappa shape index (κ2) is 11.9. The van der Waals surface area contributed by atoms with Gasteiger partial charge < -0.3 is 14.8 Å². The van der Waals surface area contributed by atoms with E-state index in [4.69, 9.17) is 4.98 Å². The number of carbonyl (C=O) groups excluding carboxylic acids is 2. The van der Waals surface area contributed by atoms with Crippen LogP contribution in [0.15, 0.2) is 24.3 Å². The van der Waals surface area contributed by atoms with Crippen LogP contribution in [0.5, 0.6) is 0 Å². The molecular formula is C25H38N4O2. The number of aromatic nitrogens is 2. The van der Waals surface area contributed by atoms with E-state index in [9.17, 15) is 9.59 Å². The summed E-state index contributed by atoms with van der Waals surface area (Å²) in [5, 5.41) is 2.97. The smallest absolute Gasteiger partial charge is 0.242 e. The van der Waals surface area contributed by atoms with Gasteiger partial charge in [-0.15, -0.1) is 0 Å². The highest BCUT2D eigenvalue weighted by molar-refractivity contribution is 5.81. The van der Waals surface area contributed by atoms with E-state index in [1.807, 2.05) is 37.1 Å². The van der Waals surface area contributed by atoms with Gasteiger partial charge in [0, 0.05) is 32.5 Å². The van der Waals surface area contributed by atoms with E-state index in [2.05, 4.69) is 16.0 Å². The average Bonchev–Trinajstić information content (AvgIpc) is 3.13. The summed E-state index contributed by atoms with van der Waals surface area (Å²) in [7, 11) is 1.96. The van der Waals surface area contributed by atoms with Gasteiger partial charge in [0.05, 0.1) is 11.0 Å². The first kappa shape index (κ1) is 23.3. The zero-order chi connectivity index (χ0) is 22.1. The van der Waals surface area contributed by atoms with Gasteiger partial charge in [-0.05, 0) is 44.2 Å². The zero-order valence-electron chi connectivity index (χ0n) is 19.2. The number of para-hydroxylation sites is 2.